The summed E-state index contributed by atoms with van der Waals surface area (Å²) in [6, 6.07) is 0. The van der Waals surface area contributed by atoms with Crippen LogP contribution in [-0.2, 0) is 10.0 Å². The number of sulfonamides is 1. The van der Waals surface area contributed by atoms with Crippen molar-refractivity contribution in [3.63, 3.8) is 0 Å². The van der Waals surface area contributed by atoms with E-state index in [1.165, 1.54) is 6.26 Å². The number of rotatable bonds is 1. The van der Waals surface area contributed by atoms with Crippen LogP contribution in [0.15, 0.2) is 0 Å². The molecule has 0 N–H and O–H groups in total. The molecule has 0 amide bonds. The molecule has 0 aromatic rings. The lowest BCUT2D eigenvalue weighted by atomic mass is 9.89. The molecule has 0 radical (unpaired) electrons. The molecule has 5 heteroatoms. The second kappa shape index (κ2) is 4.03. The monoisotopic (exact) mass is 234 g/mol. The standard InChI is InChI=1S/C10H22N2O2S/c1-9-8-11(4)6-7-12(10(9,2)3)15(5,13)14/h9H,6-8H2,1-5H3. The van der Waals surface area contributed by atoms with Crippen LogP contribution >= 0.6 is 0 Å². The zero-order valence-electron chi connectivity index (χ0n) is 10.3. The van der Waals surface area contributed by atoms with Gasteiger partial charge in [-0.3, -0.25) is 0 Å². The Morgan fingerprint density at radius 2 is 1.80 bits per heavy atom. The summed E-state index contributed by atoms with van der Waals surface area (Å²) in [6.45, 7) is 8.47. The van der Waals surface area contributed by atoms with E-state index < -0.39 is 10.0 Å². The highest BCUT2D eigenvalue weighted by Gasteiger charge is 2.40. The molecule has 1 atom stereocenters. The quantitative estimate of drug-likeness (QED) is 0.667. The third kappa shape index (κ3) is 2.71. The minimum Gasteiger partial charge on any atom is -0.305 e. The average Bonchev–Trinajstić information content (AvgIpc) is 2.08. The molecule has 1 fully saturated rings. The fourth-order valence-electron chi connectivity index (χ4n) is 2.17. The molecule has 1 heterocycles. The molecule has 15 heavy (non-hydrogen) atoms. The molecule has 4 nitrogen and oxygen atoms in total. The Bertz CT molecular complexity index is 324. The largest absolute Gasteiger partial charge is 0.305 e. The first kappa shape index (κ1) is 12.9. The van der Waals surface area contributed by atoms with Crippen LogP contribution in [0.1, 0.15) is 20.8 Å². The highest BCUT2D eigenvalue weighted by Crippen LogP contribution is 2.29. The molecule has 90 valence electrons. The van der Waals surface area contributed by atoms with Gasteiger partial charge >= 0.3 is 0 Å². The van der Waals surface area contributed by atoms with Crippen LogP contribution in [0.3, 0.4) is 0 Å². The highest BCUT2D eigenvalue weighted by atomic mass is 32.2. The Morgan fingerprint density at radius 1 is 1.27 bits per heavy atom. The van der Waals surface area contributed by atoms with Crippen molar-refractivity contribution in [2.75, 3.05) is 32.9 Å². The van der Waals surface area contributed by atoms with E-state index in [9.17, 15) is 8.42 Å². The first-order chi connectivity index (χ1) is 6.65. The number of hydrogen-bond acceptors (Lipinski definition) is 3. The molecule has 0 spiro atoms. The van der Waals surface area contributed by atoms with Gasteiger partial charge in [-0.15, -0.1) is 0 Å². The second-order valence-corrected chi connectivity index (χ2v) is 7.06. The van der Waals surface area contributed by atoms with Crippen LogP contribution in [-0.4, -0.2) is 56.1 Å². The molecular weight excluding hydrogens is 212 g/mol. The number of nitrogens with zero attached hydrogens (tertiary/aromatic N) is 2. The van der Waals surface area contributed by atoms with Crippen molar-refractivity contribution in [1.82, 2.24) is 9.21 Å². The van der Waals surface area contributed by atoms with Gasteiger partial charge in [0.25, 0.3) is 0 Å². The lowest BCUT2D eigenvalue weighted by Gasteiger charge is -2.39. The van der Waals surface area contributed by atoms with Crippen molar-refractivity contribution in [1.29, 1.82) is 0 Å². The number of hydrogen-bond donors (Lipinski definition) is 0. The maximum Gasteiger partial charge on any atom is 0.211 e. The van der Waals surface area contributed by atoms with Gasteiger partial charge in [-0.2, -0.15) is 4.31 Å². The zero-order valence-corrected chi connectivity index (χ0v) is 11.1. The highest BCUT2D eigenvalue weighted by molar-refractivity contribution is 7.88. The molecule has 0 aliphatic carbocycles. The summed E-state index contributed by atoms with van der Waals surface area (Å²) < 4.78 is 25.1. The van der Waals surface area contributed by atoms with Gasteiger partial charge in [0.15, 0.2) is 0 Å². The molecule has 0 saturated carbocycles. The van der Waals surface area contributed by atoms with E-state index in [4.69, 9.17) is 0 Å². The van der Waals surface area contributed by atoms with Gasteiger partial charge in [0.05, 0.1) is 6.26 Å². The summed E-state index contributed by atoms with van der Waals surface area (Å²) in [4.78, 5) is 2.19. The van der Waals surface area contributed by atoms with Crippen molar-refractivity contribution in [3.8, 4) is 0 Å². The van der Waals surface area contributed by atoms with E-state index in [0.717, 1.165) is 13.1 Å². The minimum absolute atomic E-state index is 0.293. The van der Waals surface area contributed by atoms with E-state index in [2.05, 4.69) is 11.8 Å². The topological polar surface area (TPSA) is 40.6 Å². The lowest BCUT2D eigenvalue weighted by molar-refractivity contribution is 0.172. The Balaban J connectivity index is 3.05. The first-order valence-electron chi connectivity index (χ1n) is 5.32. The third-order valence-corrected chi connectivity index (χ3v) is 4.97. The summed E-state index contributed by atoms with van der Waals surface area (Å²) in [5.74, 6) is 0.333. The smallest absolute Gasteiger partial charge is 0.211 e. The summed E-state index contributed by atoms with van der Waals surface area (Å²) in [7, 11) is -1.07. The second-order valence-electron chi connectivity index (χ2n) is 5.15. The molecule has 1 saturated heterocycles. The van der Waals surface area contributed by atoms with E-state index in [1.54, 1.807) is 4.31 Å². The molecule has 1 unspecified atom stereocenters. The average molecular weight is 234 g/mol. The van der Waals surface area contributed by atoms with E-state index in [-0.39, 0.29) is 5.54 Å². The Labute approximate surface area is 93.3 Å². The Kier molecular flexibility index (Phi) is 3.48. The molecule has 0 aromatic carbocycles. The van der Waals surface area contributed by atoms with E-state index >= 15 is 0 Å². The molecular formula is C10H22N2O2S. The van der Waals surface area contributed by atoms with Gasteiger partial charge in [-0.25, -0.2) is 8.42 Å². The van der Waals surface area contributed by atoms with Gasteiger partial charge < -0.3 is 4.90 Å². The van der Waals surface area contributed by atoms with Crippen molar-refractivity contribution >= 4 is 10.0 Å². The first-order valence-corrected chi connectivity index (χ1v) is 7.17. The van der Waals surface area contributed by atoms with Gasteiger partial charge in [0.1, 0.15) is 0 Å². The fraction of sp³-hybridized carbons (Fsp3) is 1.00. The molecule has 1 aliphatic heterocycles. The molecule has 1 rings (SSSR count). The van der Waals surface area contributed by atoms with Crippen molar-refractivity contribution in [2.45, 2.75) is 26.3 Å². The Morgan fingerprint density at radius 3 is 2.27 bits per heavy atom. The van der Waals surface area contributed by atoms with E-state index in [0.29, 0.717) is 12.5 Å². The van der Waals surface area contributed by atoms with Crippen molar-refractivity contribution < 1.29 is 8.42 Å². The summed E-state index contributed by atoms with van der Waals surface area (Å²) >= 11 is 0. The van der Waals surface area contributed by atoms with Gasteiger partial charge in [0, 0.05) is 25.2 Å². The third-order valence-electron chi connectivity index (χ3n) is 3.52. The van der Waals surface area contributed by atoms with Gasteiger partial charge in [-0.1, -0.05) is 6.92 Å². The summed E-state index contributed by atoms with van der Waals surface area (Å²) in [5, 5.41) is 0. The van der Waals surface area contributed by atoms with Crippen LogP contribution in [0.5, 0.6) is 0 Å². The maximum atomic E-state index is 11.7. The van der Waals surface area contributed by atoms with Crippen LogP contribution in [0.2, 0.25) is 0 Å². The fourth-order valence-corrected chi connectivity index (χ4v) is 3.62. The number of likely N-dealkylation sites (N-methyl/N-ethyl adjacent to an activating group) is 1. The van der Waals surface area contributed by atoms with Crippen LogP contribution in [0.4, 0.5) is 0 Å². The van der Waals surface area contributed by atoms with Crippen LogP contribution in [0.25, 0.3) is 0 Å². The van der Waals surface area contributed by atoms with Crippen LogP contribution < -0.4 is 0 Å². The van der Waals surface area contributed by atoms with E-state index in [1.807, 2.05) is 20.9 Å². The van der Waals surface area contributed by atoms with Gasteiger partial charge in [0.2, 0.25) is 10.0 Å². The SMILES string of the molecule is CC1CN(C)CCN(S(C)(=O)=O)C1(C)C. The summed E-state index contributed by atoms with van der Waals surface area (Å²) in [6.07, 6.45) is 1.30. The molecule has 1 aliphatic rings. The van der Waals surface area contributed by atoms with Gasteiger partial charge in [-0.05, 0) is 26.8 Å². The lowest BCUT2D eigenvalue weighted by Crippen LogP contribution is -2.51. The molecule has 0 bridgehead atoms. The normalized spacial score (nSPS) is 30.1. The zero-order chi connectivity index (χ0) is 11.9. The minimum atomic E-state index is -3.11. The van der Waals surface area contributed by atoms with Crippen molar-refractivity contribution in [3.05, 3.63) is 0 Å². The molecule has 0 aromatic heterocycles. The van der Waals surface area contributed by atoms with Crippen LogP contribution in [0, 0.1) is 5.92 Å². The van der Waals surface area contributed by atoms with Crippen molar-refractivity contribution in [2.24, 2.45) is 5.92 Å². The predicted molar refractivity (Wildman–Crippen MR) is 62.3 cm³/mol. The maximum absolute atomic E-state index is 11.7. The Hall–Kier alpha value is -0.130. The summed E-state index contributed by atoms with van der Waals surface area (Å²) in [5.41, 5.74) is -0.293. The predicted octanol–water partition coefficient (Wildman–Crippen LogP) is 0.608.